The van der Waals surface area contributed by atoms with Crippen LogP contribution in [0, 0.1) is 18.2 Å². The van der Waals surface area contributed by atoms with E-state index in [-0.39, 0.29) is 17.0 Å². The quantitative estimate of drug-likeness (QED) is 0.392. The second-order valence-electron chi connectivity index (χ2n) is 6.75. The zero-order chi connectivity index (χ0) is 23.8. The summed E-state index contributed by atoms with van der Waals surface area (Å²) in [6.45, 7) is -0.212. The molecule has 0 radical (unpaired) electrons. The Labute approximate surface area is 190 Å². The van der Waals surface area contributed by atoms with Crippen LogP contribution in [0.15, 0.2) is 83.8 Å². The molecule has 2 N–H and O–H groups in total. The van der Waals surface area contributed by atoms with Gasteiger partial charge in [0, 0.05) is 11.3 Å². The summed E-state index contributed by atoms with van der Waals surface area (Å²) in [5, 5.41) is 2.58. The zero-order valence-corrected chi connectivity index (χ0v) is 18.0. The predicted molar refractivity (Wildman–Crippen MR) is 120 cm³/mol. The number of hydrogen-bond donors (Lipinski definition) is 2. The van der Waals surface area contributed by atoms with Crippen molar-refractivity contribution < 1.29 is 27.1 Å². The van der Waals surface area contributed by atoms with Crippen LogP contribution in [-0.4, -0.2) is 26.8 Å². The van der Waals surface area contributed by atoms with Crippen molar-refractivity contribution >= 4 is 27.6 Å². The summed E-state index contributed by atoms with van der Waals surface area (Å²) in [6, 6.07) is 18.5. The molecule has 0 saturated heterocycles. The molecule has 33 heavy (non-hydrogen) atoms. The Morgan fingerprint density at radius 2 is 1.70 bits per heavy atom. The van der Waals surface area contributed by atoms with Crippen LogP contribution in [-0.2, 0) is 19.6 Å². The lowest BCUT2D eigenvalue weighted by Gasteiger charge is -2.18. The van der Waals surface area contributed by atoms with Crippen LogP contribution in [0.3, 0.4) is 0 Å². The first-order valence-electron chi connectivity index (χ1n) is 9.66. The van der Waals surface area contributed by atoms with E-state index in [1.54, 1.807) is 30.3 Å². The molecular formula is C24H19FN2O5S. The van der Waals surface area contributed by atoms with E-state index in [1.807, 2.05) is 0 Å². The fourth-order valence-electron chi connectivity index (χ4n) is 2.83. The largest absolute Gasteiger partial charge is 0.444 e. The summed E-state index contributed by atoms with van der Waals surface area (Å²) < 4.78 is 45.4. The lowest BCUT2D eigenvalue weighted by atomic mass is 10.1. The van der Waals surface area contributed by atoms with Crippen molar-refractivity contribution in [3.8, 4) is 12.3 Å². The van der Waals surface area contributed by atoms with Gasteiger partial charge < -0.3 is 10.1 Å². The number of halogens is 1. The number of amides is 1. The highest BCUT2D eigenvalue weighted by atomic mass is 32.2. The highest BCUT2D eigenvalue weighted by Crippen LogP contribution is 2.23. The third-order valence-electron chi connectivity index (χ3n) is 4.42. The average Bonchev–Trinajstić information content (AvgIpc) is 2.83. The molecule has 9 heteroatoms. The van der Waals surface area contributed by atoms with E-state index in [0.717, 1.165) is 6.07 Å². The molecule has 3 aromatic rings. The van der Waals surface area contributed by atoms with Gasteiger partial charge in [-0.25, -0.2) is 17.6 Å². The number of ether oxygens (including phenoxy) is 1. The van der Waals surface area contributed by atoms with Gasteiger partial charge in [-0.05, 0) is 42.5 Å². The van der Waals surface area contributed by atoms with Crippen molar-refractivity contribution in [1.29, 1.82) is 0 Å². The van der Waals surface area contributed by atoms with Crippen molar-refractivity contribution in [3.63, 3.8) is 0 Å². The molecule has 0 aromatic heterocycles. The number of hydrogen-bond acceptors (Lipinski definition) is 5. The zero-order valence-electron chi connectivity index (χ0n) is 17.2. The maximum Gasteiger partial charge on any atom is 0.339 e. The van der Waals surface area contributed by atoms with E-state index in [2.05, 4.69) is 16.0 Å². The molecule has 1 amide bonds. The summed E-state index contributed by atoms with van der Waals surface area (Å²) >= 11 is 0. The number of esters is 1. The Morgan fingerprint density at radius 3 is 2.36 bits per heavy atom. The van der Waals surface area contributed by atoms with Crippen molar-refractivity contribution in [2.45, 2.75) is 11.0 Å². The molecule has 0 saturated carbocycles. The molecule has 0 spiro atoms. The predicted octanol–water partition coefficient (Wildman–Crippen LogP) is 3.27. The van der Waals surface area contributed by atoms with Crippen LogP contribution in [0.1, 0.15) is 22.0 Å². The van der Waals surface area contributed by atoms with Crippen LogP contribution in [0.4, 0.5) is 10.1 Å². The number of benzene rings is 3. The first kappa shape index (κ1) is 23.7. The SMILES string of the molecule is C#CCNS(=O)(=O)c1cccc(C(=O)OC(C(=O)Nc2ccc(F)cc2)c2ccccc2)c1. The summed E-state index contributed by atoms with van der Waals surface area (Å²) in [7, 11) is -3.93. The number of rotatable bonds is 8. The Balaban J connectivity index is 1.85. The van der Waals surface area contributed by atoms with Crippen molar-refractivity contribution in [3.05, 3.63) is 95.8 Å². The van der Waals surface area contributed by atoms with Gasteiger partial charge in [0.15, 0.2) is 0 Å². The Kier molecular flexibility index (Phi) is 7.56. The van der Waals surface area contributed by atoms with Crippen LogP contribution < -0.4 is 10.0 Å². The average molecular weight is 466 g/mol. The molecule has 0 aliphatic rings. The summed E-state index contributed by atoms with van der Waals surface area (Å²) in [5.41, 5.74) is 0.630. The number of terminal acetylenes is 1. The monoisotopic (exact) mass is 466 g/mol. The lowest BCUT2D eigenvalue weighted by molar-refractivity contribution is -0.125. The van der Waals surface area contributed by atoms with Gasteiger partial charge in [0.1, 0.15) is 5.82 Å². The molecule has 1 unspecified atom stereocenters. The van der Waals surface area contributed by atoms with Gasteiger partial charge in [-0.15, -0.1) is 6.42 Å². The molecule has 0 fully saturated rings. The van der Waals surface area contributed by atoms with Crippen LogP contribution in [0.25, 0.3) is 0 Å². The molecule has 0 heterocycles. The normalized spacial score (nSPS) is 11.8. The van der Waals surface area contributed by atoms with E-state index < -0.39 is 33.8 Å². The van der Waals surface area contributed by atoms with Gasteiger partial charge in [0.25, 0.3) is 5.91 Å². The lowest BCUT2D eigenvalue weighted by Crippen LogP contribution is -2.26. The maximum absolute atomic E-state index is 13.2. The number of anilines is 1. The molecule has 0 aliphatic heterocycles. The van der Waals surface area contributed by atoms with E-state index in [4.69, 9.17) is 11.2 Å². The minimum atomic E-state index is -3.93. The van der Waals surface area contributed by atoms with Crippen LogP contribution in [0.2, 0.25) is 0 Å². The fourth-order valence-corrected chi connectivity index (χ4v) is 3.81. The smallest absolute Gasteiger partial charge is 0.339 e. The maximum atomic E-state index is 13.2. The second kappa shape index (κ2) is 10.5. The van der Waals surface area contributed by atoms with Crippen LogP contribution >= 0.6 is 0 Å². The van der Waals surface area contributed by atoms with Crippen LogP contribution in [0.5, 0.6) is 0 Å². The number of carbonyl (C=O) groups excluding carboxylic acids is 2. The Bertz CT molecular complexity index is 1290. The third kappa shape index (κ3) is 6.26. The Morgan fingerprint density at radius 1 is 1.00 bits per heavy atom. The highest BCUT2D eigenvalue weighted by molar-refractivity contribution is 7.89. The molecule has 168 valence electrons. The summed E-state index contributed by atoms with van der Waals surface area (Å²) in [6.07, 6.45) is 3.74. The molecule has 7 nitrogen and oxygen atoms in total. The van der Waals surface area contributed by atoms with Gasteiger partial charge in [0.2, 0.25) is 16.1 Å². The van der Waals surface area contributed by atoms with E-state index in [1.165, 1.54) is 42.5 Å². The molecular weight excluding hydrogens is 447 g/mol. The van der Waals surface area contributed by atoms with Gasteiger partial charge in [-0.3, -0.25) is 4.79 Å². The summed E-state index contributed by atoms with van der Waals surface area (Å²) in [4.78, 5) is 25.5. The van der Waals surface area contributed by atoms with Crippen molar-refractivity contribution in [2.24, 2.45) is 0 Å². The third-order valence-corrected chi connectivity index (χ3v) is 5.82. The molecule has 0 aliphatic carbocycles. The van der Waals surface area contributed by atoms with Gasteiger partial charge in [-0.1, -0.05) is 42.3 Å². The minimum Gasteiger partial charge on any atom is -0.444 e. The topological polar surface area (TPSA) is 102 Å². The summed E-state index contributed by atoms with van der Waals surface area (Å²) in [5.74, 6) is 0.120. The van der Waals surface area contributed by atoms with E-state index >= 15 is 0 Å². The standard InChI is InChI=1S/C24H19FN2O5S/c1-2-15-26-33(30,31)21-10-6-9-18(16-21)24(29)32-22(17-7-4-3-5-8-17)23(28)27-20-13-11-19(25)12-14-20/h1,3-14,16,22,26H,15H2,(H,27,28). The van der Waals surface area contributed by atoms with E-state index in [9.17, 15) is 22.4 Å². The van der Waals surface area contributed by atoms with Gasteiger partial charge in [-0.2, -0.15) is 4.72 Å². The second-order valence-corrected chi connectivity index (χ2v) is 8.52. The van der Waals surface area contributed by atoms with Crippen molar-refractivity contribution in [2.75, 3.05) is 11.9 Å². The number of carbonyl (C=O) groups is 2. The minimum absolute atomic E-state index is 0.0749. The van der Waals surface area contributed by atoms with E-state index in [0.29, 0.717) is 11.3 Å². The van der Waals surface area contributed by atoms with Gasteiger partial charge in [0.05, 0.1) is 17.0 Å². The highest BCUT2D eigenvalue weighted by Gasteiger charge is 2.26. The first-order chi connectivity index (χ1) is 15.8. The first-order valence-corrected chi connectivity index (χ1v) is 11.1. The molecule has 1 atom stereocenters. The number of sulfonamides is 1. The number of nitrogens with one attached hydrogen (secondary N) is 2. The molecule has 3 aromatic carbocycles. The van der Waals surface area contributed by atoms with Crippen molar-refractivity contribution in [1.82, 2.24) is 4.72 Å². The molecule has 3 rings (SSSR count). The molecule has 0 bridgehead atoms. The fraction of sp³-hybridized carbons (Fsp3) is 0.0833. The van der Waals surface area contributed by atoms with Gasteiger partial charge >= 0.3 is 5.97 Å². The Hall–Kier alpha value is -4.00.